The molecule has 1 aromatic carbocycles. The highest BCUT2D eigenvalue weighted by molar-refractivity contribution is 7.89. The number of nitrogens with zero attached hydrogens (tertiary/aromatic N) is 3. The van der Waals surface area contributed by atoms with Crippen molar-refractivity contribution in [3.8, 4) is 0 Å². The second-order valence-electron chi connectivity index (χ2n) is 7.96. The standard InChI is InChI=1S/C20H27F2N3O2S/c1-13(2)18-12-19(14(3)4)25(23-18)16-7-9-24(10-8-16)28(26,27)20-6-5-15(21)11-17(20)22/h5-6,11-14,16H,7-10H2,1-4H3. The zero-order valence-electron chi connectivity index (χ0n) is 16.7. The van der Waals surface area contributed by atoms with Gasteiger partial charge in [-0.1, -0.05) is 27.7 Å². The summed E-state index contributed by atoms with van der Waals surface area (Å²) in [5.41, 5.74) is 2.18. The van der Waals surface area contributed by atoms with Crippen molar-refractivity contribution < 1.29 is 17.2 Å². The molecule has 2 heterocycles. The van der Waals surface area contributed by atoms with Crippen LogP contribution in [-0.4, -0.2) is 35.6 Å². The molecule has 8 heteroatoms. The van der Waals surface area contributed by atoms with Crippen LogP contribution in [0.1, 0.15) is 69.8 Å². The van der Waals surface area contributed by atoms with E-state index in [-0.39, 0.29) is 19.1 Å². The third kappa shape index (κ3) is 3.98. The van der Waals surface area contributed by atoms with Gasteiger partial charge in [0.2, 0.25) is 10.0 Å². The lowest BCUT2D eigenvalue weighted by molar-refractivity contribution is 0.254. The number of aromatic nitrogens is 2. The van der Waals surface area contributed by atoms with E-state index in [4.69, 9.17) is 5.10 Å². The Morgan fingerprint density at radius 2 is 1.68 bits per heavy atom. The molecule has 1 aromatic heterocycles. The molecule has 0 N–H and O–H groups in total. The van der Waals surface area contributed by atoms with Crippen LogP contribution in [0, 0.1) is 11.6 Å². The van der Waals surface area contributed by atoms with Crippen LogP contribution in [0.2, 0.25) is 0 Å². The molecule has 0 radical (unpaired) electrons. The molecule has 0 unspecified atom stereocenters. The average Bonchev–Trinajstić information content (AvgIpc) is 3.07. The summed E-state index contributed by atoms with van der Waals surface area (Å²) < 4.78 is 56.0. The van der Waals surface area contributed by atoms with Crippen LogP contribution in [0.3, 0.4) is 0 Å². The van der Waals surface area contributed by atoms with E-state index >= 15 is 0 Å². The minimum Gasteiger partial charge on any atom is -0.266 e. The van der Waals surface area contributed by atoms with Gasteiger partial charge in [-0.05, 0) is 42.9 Å². The zero-order valence-corrected chi connectivity index (χ0v) is 17.5. The fourth-order valence-corrected chi connectivity index (χ4v) is 5.10. The van der Waals surface area contributed by atoms with E-state index in [0.717, 1.165) is 23.5 Å². The molecular formula is C20H27F2N3O2S. The van der Waals surface area contributed by atoms with Gasteiger partial charge in [0.1, 0.15) is 16.5 Å². The van der Waals surface area contributed by atoms with E-state index in [2.05, 4.69) is 33.8 Å². The molecule has 0 bridgehead atoms. The van der Waals surface area contributed by atoms with E-state index in [1.807, 2.05) is 4.68 Å². The van der Waals surface area contributed by atoms with Crippen LogP contribution in [0.25, 0.3) is 0 Å². The fourth-order valence-electron chi connectivity index (χ4n) is 3.59. The number of piperidine rings is 1. The number of rotatable bonds is 5. The molecule has 0 atom stereocenters. The van der Waals surface area contributed by atoms with Gasteiger partial charge in [0.05, 0.1) is 11.7 Å². The molecule has 5 nitrogen and oxygen atoms in total. The molecule has 154 valence electrons. The van der Waals surface area contributed by atoms with Crippen molar-refractivity contribution in [2.75, 3.05) is 13.1 Å². The van der Waals surface area contributed by atoms with E-state index in [1.165, 1.54) is 4.31 Å². The normalized spacial score (nSPS) is 17.0. The summed E-state index contributed by atoms with van der Waals surface area (Å²) in [7, 11) is -3.99. The molecule has 1 aliphatic rings. The summed E-state index contributed by atoms with van der Waals surface area (Å²) in [5.74, 6) is -1.22. The lowest BCUT2D eigenvalue weighted by atomic mass is 10.0. The van der Waals surface area contributed by atoms with Gasteiger partial charge in [-0.2, -0.15) is 9.40 Å². The predicted molar refractivity (Wildman–Crippen MR) is 104 cm³/mol. The summed E-state index contributed by atoms with van der Waals surface area (Å²) in [6.45, 7) is 8.99. The zero-order chi connectivity index (χ0) is 20.6. The lowest BCUT2D eigenvalue weighted by Crippen LogP contribution is -2.39. The Balaban J connectivity index is 1.79. The van der Waals surface area contributed by atoms with E-state index in [9.17, 15) is 17.2 Å². The number of hydrogen-bond acceptors (Lipinski definition) is 3. The summed E-state index contributed by atoms with van der Waals surface area (Å²) in [6, 6.07) is 4.80. The van der Waals surface area contributed by atoms with Crippen LogP contribution in [0.5, 0.6) is 0 Å². The van der Waals surface area contributed by atoms with Crippen molar-refractivity contribution >= 4 is 10.0 Å². The summed E-state index contributed by atoms with van der Waals surface area (Å²) in [6.07, 6.45) is 1.20. The van der Waals surface area contributed by atoms with Crippen molar-refractivity contribution in [1.29, 1.82) is 0 Å². The first kappa shape index (κ1) is 20.9. The van der Waals surface area contributed by atoms with Crippen LogP contribution in [0.15, 0.2) is 29.2 Å². The Bertz CT molecular complexity index is 946. The Hall–Kier alpha value is -1.80. The van der Waals surface area contributed by atoms with Crippen LogP contribution in [-0.2, 0) is 10.0 Å². The SMILES string of the molecule is CC(C)c1cc(C(C)C)n(C2CCN(S(=O)(=O)c3ccc(F)cc3F)CC2)n1. The highest BCUT2D eigenvalue weighted by Crippen LogP contribution is 2.31. The molecular weight excluding hydrogens is 384 g/mol. The van der Waals surface area contributed by atoms with Gasteiger partial charge in [-0.3, -0.25) is 4.68 Å². The van der Waals surface area contributed by atoms with Crippen molar-refractivity contribution in [2.45, 2.75) is 63.3 Å². The second-order valence-corrected chi connectivity index (χ2v) is 9.86. The predicted octanol–water partition coefficient (Wildman–Crippen LogP) is 4.43. The van der Waals surface area contributed by atoms with Crippen LogP contribution >= 0.6 is 0 Å². The molecule has 3 rings (SSSR count). The molecule has 0 saturated carbocycles. The van der Waals surface area contributed by atoms with E-state index in [1.54, 1.807) is 0 Å². The van der Waals surface area contributed by atoms with Crippen LogP contribution < -0.4 is 0 Å². The van der Waals surface area contributed by atoms with Gasteiger partial charge >= 0.3 is 0 Å². The fraction of sp³-hybridized carbons (Fsp3) is 0.550. The Morgan fingerprint density at radius 3 is 2.21 bits per heavy atom. The summed E-state index contributed by atoms with van der Waals surface area (Å²) in [4.78, 5) is -0.476. The first-order chi connectivity index (χ1) is 13.1. The molecule has 1 fully saturated rings. The van der Waals surface area contributed by atoms with Gasteiger partial charge in [0.25, 0.3) is 0 Å². The van der Waals surface area contributed by atoms with E-state index in [0.29, 0.717) is 30.7 Å². The minimum absolute atomic E-state index is 0.106. The third-order valence-electron chi connectivity index (χ3n) is 5.25. The maximum atomic E-state index is 14.0. The molecule has 0 amide bonds. The minimum atomic E-state index is -3.99. The van der Waals surface area contributed by atoms with E-state index < -0.39 is 26.6 Å². The summed E-state index contributed by atoms with van der Waals surface area (Å²) in [5, 5.41) is 4.77. The maximum absolute atomic E-state index is 14.0. The Morgan fingerprint density at radius 1 is 1.04 bits per heavy atom. The number of sulfonamides is 1. The Kier molecular flexibility index (Phi) is 5.91. The van der Waals surface area contributed by atoms with Gasteiger partial charge in [0, 0.05) is 24.8 Å². The topological polar surface area (TPSA) is 55.2 Å². The van der Waals surface area contributed by atoms with Crippen LogP contribution in [0.4, 0.5) is 8.78 Å². The van der Waals surface area contributed by atoms with Crippen molar-refractivity contribution in [1.82, 2.24) is 14.1 Å². The molecule has 1 aliphatic heterocycles. The molecule has 0 spiro atoms. The monoisotopic (exact) mass is 411 g/mol. The smallest absolute Gasteiger partial charge is 0.245 e. The molecule has 2 aromatic rings. The number of hydrogen-bond donors (Lipinski definition) is 0. The van der Waals surface area contributed by atoms with Gasteiger partial charge in [-0.25, -0.2) is 17.2 Å². The highest BCUT2D eigenvalue weighted by Gasteiger charge is 2.33. The quantitative estimate of drug-likeness (QED) is 0.731. The number of benzene rings is 1. The first-order valence-electron chi connectivity index (χ1n) is 9.65. The van der Waals surface area contributed by atoms with Crippen molar-refractivity contribution in [3.63, 3.8) is 0 Å². The first-order valence-corrected chi connectivity index (χ1v) is 11.1. The van der Waals surface area contributed by atoms with Gasteiger partial charge < -0.3 is 0 Å². The second kappa shape index (κ2) is 7.91. The maximum Gasteiger partial charge on any atom is 0.245 e. The summed E-state index contributed by atoms with van der Waals surface area (Å²) >= 11 is 0. The van der Waals surface area contributed by atoms with Gasteiger partial charge in [-0.15, -0.1) is 0 Å². The molecule has 28 heavy (non-hydrogen) atoms. The van der Waals surface area contributed by atoms with Crippen molar-refractivity contribution in [3.05, 3.63) is 47.3 Å². The average molecular weight is 412 g/mol. The Labute approximate surface area is 165 Å². The molecule has 0 aliphatic carbocycles. The molecule has 1 saturated heterocycles. The number of halogens is 2. The highest BCUT2D eigenvalue weighted by atomic mass is 32.2. The van der Waals surface area contributed by atoms with Gasteiger partial charge in [0.15, 0.2) is 0 Å². The largest absolute Gasteiger partial charge is 0.266 e. The third-order valence-corrected chi connectivity index (χ3v) is 7.18. The lowest BCUT2D eigenvalue weighted by Gasteiger charge is -2.32. The van der Waals surface area contributed by atoms with Crippen molar-refractivity contribution in [2.24, 2.45) is 0 Å².